The predicted octanol–water partition coefficient (Wildman–Crippen LogP) is -0.876. The van der Waals surface area contributed by atoms with Gasteiger partial charge in [-0.3, -0.25) is 10.9 Å². The van der Waals surface area contributed by atoms with E-state index in [1.807, 2.05) is 0 Å². The molecule has 1 fully saturated rings. The zero-order valence-corrected chi connectivity index (χ0v) is 6.39. The van der Waals surface area contributed by atoms with Crippen LogP contribution < -0.4 is 10.9 Å². The Labute approximate surface area is 60.9 Å². The maximum absolute atomic E-state index is 5.17. The molecular weight excluding hydrogens is 132 g/mol. The van der Waals surface area contributed by atoms with Gasteiger partial charge < -0.3 is 9.47 Å². The fraction of sp³-hybridized carbons (Fsp3) is 1.00. The van der Waals surface area contributed by atoms with Crippen LogP contribution in [0.25, 0.3) is 0 Å². The summed E-state index contributed by atoms with van der Waals surface area (Å²) in [4.78, 5) is 0. The molecule has 4 nitrogen and oxygen atoms in total. The third kappa shape index (κ3) is 1.67. The van der Waals surface area contributed by atoms with Gasteiger partial charge in [0.2, 0.25) is 0 Å². The molecule has 1 rings (SSSR count). The van der Waals surface area contributed by atoms with E-state index in [4.69, 9.17) is 9.47 Å². The standard InChI is InChI=1S/C6H14N2O2/c1-9-5-3-7-8-4-6(5)10-2/h5-8H,3-4H2,1-2H3/t5-,6-/m0/s1. The van der Waals surface area contributed by atoms with Gasteiger partial charge in [0.05, 0.1) is 12.2 Å². The van der Waals surface area contributed by atoms with Gasteiger partial charge in [-0.25, -0.2) is 0 Å². The molecule has 2 atom stereocenters. The van der Waals surface area contributed by atoms with Crippen LogP contribution in [0.4, 0.5) is 0 Å². The first kappa shape index (κ1) is 7.94. The summed E-state index contributed by atoms with van der Waals surface area (Å²) in [6.07, 6.45) is 0.345. The normalized spacial score (nSPS) is 34.2. The Morgan fingerprint density at radius 1 is 1.00 bits per heavy atom. The Morgan fingerprint density at radius 2 is 1.40 bits per heavy atom. The molecule has 0 unspecified atom stereocenters. The molecule has 0 aromatic rings. The van der Waals surface area contributed by atoms with Crippen LogP contribution in [0, 0.1) is 0 Å². The maximum atomic E-state index is 5.17. The molecule has 0 aliphatic carbocycles. The lowest BCUT2D eigenvalue weighted by Crippen LogP contribution is -2.55. The SMILES string of the molecule is CO[C@H]1CNNC[C@@H]1OC. The first-order valence-electron chi connectivity index (χ1n) is 3.39. The summed E-state index contributed by atoms with van der Waals surface area (Å²) in [7, 11) is 3.40. The molecule has 0 radical (unpaired) electrons. The summed E-state index contributed by atoms with van der Waals surface area (Å²) < 4.78 is 10.3. The zero-order valence-electron chi connectivity index (χ0n) is 6.39. The van der Waals surface area contributed by atoms with E-state index >= 15 is 0 Å². The Bertz CT molecular complexity index is 87.7. The first-order valence-corrected chi connectivity index (χ1v) is 3.39. The van der Waals surface area contributed by atoms with E-state index in [0.29, 0.717) is 0 Å². The van der Waals surface area contributed by atoms with Crippen LogP contribution >= 0.6 is 0 Å². The highest BCUT2D eigenvalue weighted by Crippen LogP contribution is 2.02. The Morgan fingerprint density at radius 3 is 1.70 bits per heavy atom. The van der Waals surface area contributed by atoms with Crippen molar-refractivity contribution in [2.45, 2.75) is 12.2 Å². The smallest absolute Gasteiger partial charge is 0.0983 e. The van der Waals surface area contributed by atoms with Gasteiger partial charge in [0.25, 0.3) is 0 Å². The number of methoxy groups -OCH3 is 2. The van der Waals surface area contributed by atoms with Crippen LogP contribution in [0.15, 0.2) is 0 Å². The fourth-order valence-electron chi connectivity index (χ4n) is 1.08. The van der Waals surface area contributed by atoms with Crippen molar-refractivity contribution in [3.63, 3.8) is 0 Å². The van der Waals surface area contributed by atoms with Gasteiger partial charge in [-0.05, 0) is 0 Å². The molecule has 0 aromatic heterocycles. The van der Waals surface area contributed by atoms with E-state index in [-0.39, 0.29) is 12.2 Å². The van der Waals surface area contributed by atoms with Gasteiger partial charge in [-0.2, -0.15) is 0 Å². The van der Waals surface area contributed by atoms with Gasteiger partial charge in [0.15, 0.2) is 0 Å². The molecule has 0 amide bonds. The predicted molar refractivity (Wildman–Crippen MR) is 37.6 cm³/mol. The van der Waals surface area contributed by atoms with Crippen molar-refractivity contribution in [1.29, 1.82) is 0 Å². The Hall–Kier alpha value is -0.160. The van der Waals surface area contributed by atoms with Crippen LogP contribution in [-0.4, -0.2) is 39.5 Å². The topological polar surface area (TPSA) is 42.5 Å². The lowest BCUT2D eigenvalue weighted by molar-refractivity contribution is -0.0514. The van der Waals surface area contributed by atoms with E-state index in [1.54, 1.807) is 14.2 Å². The highest BCUT2D eigenvalue weighted by Gasteiger charge is 2.23. The number of hydrogen-bond donors (Lipinski definition) is 2. The maximum Gasteiger partial charge on any atom is 0.0983 e. The summed E-state index contributed by atoms with van der Waals surface area (Å²) in [6.45, 7) is 1.60. The molecule has 0 aromatic carbocycles. The first-order chi connectivity index (χ1) is 4.88. The minimum Gasteiger partial charge on any atom is -0.377 e. The van der Waals surface area contributed by atoms with Crippen LogP contribution in [-0.2, 0) is 9.47 Å². The second-order valence-electron chi connectivity index (χ2n) is 2.31. The van der Waals surface area contributed by atoms with Crippen molar-refractivity contribution in [3.05, 3.63) is 0 Å². The summed E-state index contributed by atoms with van der Waals surface area (Å²) in [5.41, 5.74) is 5.99. The number of nitrogens with one attached hydrogen (secondary N) is 2. The van der Waals surface area contributed by atoms with E-state index in [2.05, 4.69) is 10.9 Å². The van der Waals surface area contributed by atoms with E-state index in [0.717, 1.165) is 13.1 Å². The highest BCUT2D eigenvalue weighted by atomic mass is 16.5. The van der Waals surface area contributed by atoms with Gasteiger partial charge in [-0.15, -0.1) is 0 Å². The summed E-state index contributed by atoms with van der Waals surface area (Å²) >= 11 is 0. The Balaban J connectivity index is 2.34. The van der Waals surface area contributed by atoms with Crippen molar-refractivity contribution in [1.82, 2.24) is 10.9 Å². The Kier molecular flexibility index (Phi) is 3.08. The van der Waals surface area contributed by atoms with Crippen molar-refractivity contribution >= 4 is 0 Å². The number of hydrogen-bond acceptors (Lipinski definition) is 4. The van der Waals surface area contributed by atoms with Crippen LogP contribution in [0.5, 0.6) is 0 Å². The number of rotatable bonds is 2. The van der Waals surface area contributed by atoms with Crippen molar-refractivity contribution in [2.75, 3.05) is 27.3 Å². The molecule has 0 spiro atoms. The quantitative estimate of drug-likeness (QED) is 0.531. The van der Waals surface area contributed by atoms with Crippen LogP contribution in [0.1, 0.15) is 0 Å². The third-order valence-corrected chi connectivity index (χ3v) is 1.75. The van der Waals surface area contributed by atoms with Gasteiger partial charge >= 0.3 is 0 Å². The summed E-state index contributed by atoms with van der Waals surface area (Å²) in [6, 6.07) is 0. The molecule has 1 aliphatic rings. The molecule has 1 aliphatic heterocycles. The third-order valence-electron chi connectivity index (χ3n) is 1.75. The van der Waals surface area contributed by atoms with Gasteiger partial charge in [0, 0.05) is 27.3 Å². The molecule has 60 valence electrons. The van der Waals surface area contributed by atoms with Crippen molar-refractivity contribution in [3.8, 4) is 0 Å². The largest absolute Gasteiger partial charge is 0.377 e. The zero-order chi connectivity index (χ0) is 7.40. The molecule has 0 saturated carbocycles. The molecule has 1 heterocycles. The van der Waals surface area contributed by atoms with E-state index < -0.39 is 0 Å². The van der Waals surface area contributed by atoms with Crippen LogP contribution in [0.3, 0.4) is 0 Å². The van der Waals surface area contributed by atoms with Gasteiger partial charge in [0.1, 0.15) is 0 Å². The molecule has 0 bridgehead atoms. The van der Waals surface area contributed by atoms with Crippen molar-refractivity contribution < 1.29 is 9.47 Å². The number of ether oxygens (including phenoxy) is 2. The average molecular weight is 146 g/mol. The second kappa shape index (κ2) is 3.88. The molecular formula is C6H14N2O2. The molecule has 4 heteroatoms. The minimum atomic E-state index is 0.172. The highest BCUT2D eigenvalue weighted by molar-refractivity contribution is 4.77. The second-order valence-corrected chi connectivity index (χ2v) is 2.31. The molecule has 10 heavy (non-hydrogen) atoms. The monoisotopic (exact) mass is 146 g/mol. The van der Waals surface area contributed by atoms with Gasteiger partial charge in [-0.1, -0.05) is 0 Å². The lowest BCUT2D eigenvalue weighted by atomic mass is 10.2. The molecule has 1 saturated heterocycles. The summed E-state index contributed by atoms with van der Waals surface area (Å²) in [5, 5.41) is 0. The van der Waals surface area contributed by atoms with E-state index in [9.17, 15) is 0 Å². The molecule has 2 N–H and O–H groups in total. The van der Waals surface area contributed by atoms with Crippen LogP contribution in [0.2, 0.25) is 0 Å². The average Bonchev–Trinajstić information content (AvgIpc) is 2.04. The summed E-state index contributed by atoms with van der Waals surface area (Å²) in [5.74, 6) is 0. The van der Waals surface area contributed by atoms with Crippen molar-refractivity contribution in [2.24, 2.45) is 0 Å². The number of hydrazine groups is 1. The fourth-order valence-corrected chi connectivity index (χ4v) is 1.08. The van der Waals surface area contributed by atoms with E-state index in [1.165, 1.54) is 0 Å². The minimum absolute atomic E-state index is 0.172. The lowest BCUT2D eigenvalue weighted by Gasteiger charge is -2.30.